The number of rotatable bonds is 3. The van der Waals surface area contributed by atoms with E-state index in [-0.39, 0.29) is 11.9 Å². The molecule has 1 fully saturated rings. The number of carbonyl (C=O) groups is 1. The molecular weight excluding hydrogens is 360 g/mol. The Labute approximate surface area is 140 Å². The van der Waals surface area contributed by atoms with E-state index in [0.29, 0.717) is 5.56 Å². The Morgan fingerprint density at radius 3 is 2.96 bits per heavy atom. The van der Waals surface area contributed by atoms with Gasteiger partial charge in [0.25, 0.3) is 5.91 Å². The number of hydrogen-bond acceptors (Lipinski definition) is 5. The SMILES string of the molecule is O=C(NC1CN(c2ccnc3ccnn23)C1)c1cncc(Br)c1. The van der Waals surface area contributed by atoms with Crippen molar-refractivity contribution in [1.82, 2.24) is 24.9 Å². The lowest BCUT2D eigenvalue weighted by atomic mass is 10.1. The van der Waals surface area contributed by atoms with Gasteiger partial charge in [-0.1, -0.05) is 0 Å². The van der Waals surface area contributed by atoms with E-state index in [2.05, 4.69) is 41.2 Å². The Morgan fingerprint density at radius 1 is 1.26 bits per heavy atom. The van der Waals surface area contributed by atoms with Crippen molar-refractivity contribution in [2.45, 2.75) is 6.04 Å². The molecule has 1 aliphatic rings. The van der Waals surface area contributed by atoms with Crippen LogP contribution in [0.3, 0.4) is 0 Å². The van der Waals surface area contributed by atoms with Crippen molar-refractivity contribution < 1.29 is 4.79 Å². The molecule has 0 saturated carbocycles. The highest BCUT2D eigenvalue weighted by Crippen LogP contribution is 2.21. The highest BCUT2D eigenvalue weighted by Gasteiger charge is 2.30. The minimum Gasteiger partial charge on any atom is -0.352 e. The average molecular weight is 373 g/mol. The van der Waals surface area contributed by atoms with Gasteiger partial charge in [-0.3, -0.25) is 9.78 Å². The zero-order valence-corrected chi connectivity index (χ0v) is 13.6. The number of fused-ring (bicyclic) bond motifs is 1. The van der Waals surface area contributed by atoms with Crippen LogP contribution in [0.4, 0.5) is 5.82 Å². The summed E-state index contributed by atoms with van der Waals surface area (Å²) in [6, 6.07) is 5.66. The molecule has 0 atom stereocenters. The Hall–Kier alpha value is -2.48. The van der Waals surface area contributed by atoms with Crippen LogP contribution in [0, 0.1) is 0 Å². The second-order valence-electron chi connectivity index (χ2n) is 5.37. The van der Waals surface area contributed by atoms with Crippen LogP contribution in [-0.2, 0) is 0 Å². The zero-order chi connectivity index (χ0) is 15.8. The molecule has 1 N–H and O–H groups in total. The van der Waals surface area contributed by atoms with Crippen LogP contribution in [0.5, 0.6) is 0 Å². The molecule has 0 spiro atoms. The first-order valence-corrected chi connectivity index (χ1v) is 7.95. The third-order valence-corrected chi connectivity index (χ3v) is 4.21. The van der Waals surface area contributed by atoms with E-state index in [1.54, 1.807) is 35.4 Å². The van der Waals surface area contributed by atoms with Crippen LogP contribution >= 0.6 is 15.9 Å². The number of hydrogen-bond donors (Lipinski definition) is 1. The average Bonchev–Trinajstić information content (AvgIpc) is 2.99. The van der Waals surface area contributed by atoms with Gasteiger partial charge in [-0.2, -0.15) is 9.61 Å². The number of nitrogens with zero attached hydrogens (tertiary/aromatic N) is 5. The van der Waals surface area contributed by atoms with Gasteiger partial charge in [-0.15, -0.1) is 0 Å². The summed E-state index contributed by atoms with van der Waals surface area (Å²) in [5.41, 5.74) is 1.37. The summed E-state index contributed by atoms with van der Waals surface area (Å²) in [6.07, 6.45) is 6.71. The maximum Gasteiger partial charge on any atom is 0.253 e. The van der Waals surface area contributed by atoms with Crippen molar-refractivity contribution in [1.29, 1.82) is 0 Å². The van der Waals surface area contributed by atoms with Gasteiger partial charge >= 0.3 is 0 Å². The molecule has 116 valence electrons. The largest absolute Gasteiger partial charge is 0.352 e. The van der Waals surface area contributed by atoms with Gasteiger partial charge in [0.05, 0.1) is 17.8 Å². The molecule has 1 saturated heterocycles. The molecule has 3 aromatic rings. The minimum atomic E-state index is -0.109. The fraction of sp³-hybridized carbons (Fsp3) is 0.200. The van der Waals surface area contributed by atoms with E-state index >= 15 is 0 Å². The lowest BCUT2D eigenvalue weighted by molar-refractivity contribution is 0.0929. The molecule has 0 bridgehead atoms. The first kappa shape index (κ1) is 14.1. The van der Waals surface area contributed by atoms with Crippen molar-refractivity contribution in [2.75, 3.05) is 18.0 Å². The molecule has 23 heavy (non-hydrogen) atoms. The lowest BCUT2D eigenvalue weighted by Crippen LogP contribution is -2.60. The molecule has 7 nitrogen and oxygen atoms in total. The lowest BCUT2D eigenvalue weighted by Gasteiger charge is -2.40. The topological polar surface area (TPSA) is 75.4 Å². The van der Waals surface area contributed by atoms with Gasteiger partial charge in [0.2, 0.25) is 0 Å². The number of anilines is 1. The molecule has 0 aliphatic carbocycles. The molecule has 3 aromatic heterocycles. The van der Waals surface area contributed by atoms with Crippen molar-refractivity contribution in [3.05, 3.63) is 53.0 Å². The Morgan fingerprint density at radius 2 is 2.13 bits per heavy atom. The van der Waals surface area contributed by atoms with Crippen LogP contribution in [0.1, 0.15) is 10.4 Å². The molecule has 8 heteroatoms. The van der Waals surface area contributed by atoms with Crippen molar-refractivity contribution in [3.63, 3.8) is 0 Å². The molecule has 1 aliphatic heterocycles. The van der Waals surface area contributed by atoms with E-state index < -0.39 is 0 Å². The number of amides is 1. The predicted octanol–water partition coefficient (Wildman–Crippen LogP) is 1.51. The number of pyridine rings is 1. The number of aromatic nitrogens is 4. The summed E-state index contributed by atoms with van der Waals surface area (Å²) in [6.45, 7) is 1.48. The van der Waals surface area contributed by atoms with Crippen molar-refractivity contribution >= 4 is 33.3 Å². The summed E-state index contributed by atoms with van der Waals surface area (Å²) in [5.74, 6) is 0.872. The Balaban J connectivity index is 1.42. The second kappa shape index (κ2) is 5.62. The normalized spacial score (nSPS) is 14.7. The Kier molecular flexibility index (Phi) is 3.45. The summed E-state index contributed by atoms with van der Waals surface area (Å²) < 4.78 is 2.59. The number of halogens is 1. The fourth-order valence-electron chi connectivity index (χ4n) is 2.62. The van der Waals surface area contributed by atoms with Crippen LogP contribution in [-0.4, -0.2) is 44.6 Å². The molecule has 0 aromatic carbocycles. The van der Waals surface area contributed by atoms with Gasteiger partial charge in [0, 0.05) is 42.2 Å². The fourth-order valence-corrected chi connectivity index (χ4v) is 2.99. The minimum absolute atomic E-state index is 0.109. The van der Waals surface area contributed by atoms with E-state index in [1.165, 1.54) is 0 Å². The van der Waals surface area contributed by atoms with Gasteiger partial charge in [-0.05, 0) is 28.1 Å². The molecule has 0 unspecified atom stereocenters. The summed E-state index contributed by atoms with van der Waals surface area (Å²) >= 11 is 3.32. The molecular formula is C15H13BrN6O. The van der Waals surface area contributed by atoms with E-state index in [4.69, 9.17) is 0 Å². The second-order valence-corrected chi connectivity index (χ2v) is 6.29. The molecule has 4 heterocycles. The maximum atomic E-state index is 12.2. The van der Waals surface area contributed by atoms with E-state index in [1.807, 2.05) is 12.1 Å². The van der Waals surface area contributed by atoms with Gasteiger partial charge in [0.15, 0.2) is 5.65 Å². The first-order chi connectivity index (χ1) is 11.2. The third kappa shape index (κ3) is 2.65. The summed E-state index contributed by atoms with van der Waals surface area (Å²) in [7, 11) is 0. The van der Waals surface area contributed by atoms with Crippen LogP contribution in [0.15, 0.2) is 47.5 Å². The summed E-state index contributed by atoms with van der Waals surface area (Å²) in [5, 5.41) is 7.29. The first-order valence-electron chi connectivity index (χ1n) is 7.16. The van der Waals surface area contributed by atoms with E-state index in [9.17, 15) is 4.79 Å². The predicted molar refractivity (Wildman–Crippen MR) is 88.4 cm³/mol. The monoisotopic (exact) mass is 372 g/mol. The molecule has 4 rings (SSSR count). The van der Waals surface area contributed by atoms with Gasteiger partial charge in [0.1, 0.15) is 5.82 Å². The van der Waals surface area contributed by atoms with E-state index in [0.717, 1.165) is 29.0 Å². The highest BCUT2D eigenvalue weighted by molar-refractivity contribution is 9.10. The molecule has 1 amide bonds. The van der Waals surface area contributed by atoms with Crippen molar-refractivity contribution in [3.8, 4) is 0 Å². The highest BCUT2D eigenvalue weighted by atomic mass is 79.9. The summed E-state index contributed by atoms with van der Waals surface area (Å²) in [4.78, 5) is 22.6. The maximum absolute atomic E-state index is 12.2. The standard InChI is InChI=1S/C15H13BrN6O/c16-11-5-10(6-17-7-11)15(23)20-12-8-21(9-12)14-2-3-18-13-1-4-19-22(13)14/h1-7,12H,8-9H2,(H,20,23). The van der Waals surface area contributed by atoms with Crippen LogP contribution in [0.2, 0.25) is 0 Å². The smallest absolute Gasteiger partial charge is 0.253 e. The van der Waals surface area contributed by atoms with Crippen molar-refractivity contribution in [2.24, 2.45) is 0 Å². The Bertz CT molecular complexity index is 873. The number of nitrogens with one attached hydrogen (secondary N) is 1. The quantitative estimate of drug-likeness (QED) is 0.753. The van der Waals surface area contributed by atoms with Gasteiger partial charge < -0.3 is 10.2 Å². The zero-order valence-electron chi connectivity index (χ0n) is 12.1. The van der Waals surface area contributed by atoms with Crippen LogP contribution in [0.25, 0.3) is 5.65 Å². The third-order valence-electron chi connectivity index (χ3n) is 3.78. The number of carbonyl (C=O) groups excluding carboxylic acids is 1. The molecule has 0 radical (unpaired) electrons. The van der Waals surface area contributed by atoms with Crippen LogP contribution < -0.4 is 10.2 Å². The van der Waals surface area contributed by atoms with Gasteiger partial charge in [-0.25, -0.2) is 4.98 Å².